The molecule has 4 heteroatoms. The third-order valence-electron chi connectivity index (χ3n) is 4.77. The molecule has 2 unspecified atom stereocenters. The number of hydrogen-bond donors (Lipinski definition) is 1. The largest absolute Gasteiger partial charge is 0.497 e. The minimum Gasteiger partial charge on any atom is -0.497 e. The Bertz CT molecular complexity index is 503. The van der Waals surface area contributed by atoms with Gasteiger partial charge in [-0.05, 0) is 43.6 Å². The van der Waals surface area contributed by atoms with Crippen LogP contribution in [0.3, 0.4) is 0 Å². The van der Waals surface area contributed by atoms with E-state index in [0.29, 0.717) is 18.0 Å². The van der Waals surface area contributed by atoms with Gasteiger partial charge in [-0.25, -0.2) is 0 Å². The molecule has 3 saturated heterocycles. The zero-order valence-electron chi connectivity index (χ0n) is 11.2. The molecule has 1 N–H and O–H groups in total. The quantitative estimate of drug-likeness (QED) is 0.877. The van der Waals surface area contributed by atoms with Gasteiger partial charge in [0.1, 0.15) is 5.75 Å². The fourth-order valence-electron chi connectivity index (χ4n) is 3.72. The zero-order valence-corrected chi connectivity index (χ0v) is 11.2. The van der Waals surface area contributed by atoms with Crippen molar-refractivity contribution in [1.29, 1.82) is 0 Å². The molecule has 0 spiro atoms. The first-order valence-electron chi connectivity index (χ1n) is 7.08. The van der Waals surface area contributed by atoms with E-state index in [1.54, 1.807) is 7.11 Å². The monoisotopic (exact) mass is 257 g/mol. The van der Waals surface area contributed by atoms with Crippen LogP contribution in [0.5, 0.6) is 5.75 Å². The first-order chi connectivity index (χ1) is 9.36. The molecule has 0 amide bonds. The maximum Gasteiger partial charge on any atom is 0.118 e. The summed E-state index contributed by atoms with van der Waals surface area (Å²) in [6, 6.07) is 9.15. The molecule has 2 atom stereocenters. The zero-order chi connectivity index (χ0) is 12.8. The summed E-state index contributed by atoms with van der Waals surface area (Å²) >= 11 is 0. The van der Waals surface area contributed by atoms with Gasteiger partial charge in [-0.15, -0.1) is 0 Å². The van der Waals surface area contributed by atoms with Gasteiger partial charge in [0, 0.05) is 5.92 Å². The Balaban J connectivity index is 1.63. The Hall–Kier alpha value is -1.55. The van der Waals surface area contributed by atoms with Crippen LogP contribution in [-0.2, 0) is 0 Å². The van der Waals surface area contributed by atoms with Crippen LogP contribution in [0, 0.1) is 5.92 Å². The van der Waals surface area contributed by atoms with E-state index in [1.807, 2.05) is 12.1 Å². The van der Waals surface area contributed by atoms with E-state index in [0.717, 1.165) is 5.75 Å². The van der Waals surface area contributed by atoms with Crippen LogP contribution in [-0.4, -0.2) is 36.9 Å². The van der Waals surface area contributed by atoms with Crippen LogP contribution in [0.2, 0.25) is 0 Å². The number of rotatable bonds is 2. The van der Waals surface area contributed by atoms with Gasteiger partial charge in [-0.2, -0.15) is 5.10 Å². The maximum atomic E-state index is 5.23. The summed E-state index contributed by atoms with van der Waals surface area (Å²) in [5.74, 6) is 1.62. The second kappa shape index (κ2) is 4.23. The highest BCUT2D eigenvalue weighted by Gasteiger charge is 2.46. The van der Waals surface area contributed by atoms with Crippen molar-refractivity contribution < 1.29 is 4.74 Å². The molecule has 0 saturated carbocycles. The first-order valence-corrected chi connectivity index (χ1v) is 7.08. The van der Waals surface area contributed by atoms with E-state index >= 15 is 0 Å². The van der Waals surface area contributed by atoms with Gasteiger partial charge in [-0.1, -0.05) is 12.1 Å². The lowest BCUT2D eigenvalue weighted by molar-refractivity contribution is 0.133. The number of piperidine rings is 3. The Labute approximate surface area is 113 Å². The Morgan fingerprint density at radius 2 is 1.95 bits per heavy atom. The predicted molar refractivity (Wildman–Crippen MR) is 74.4 cm³/mol. The SMILES string of the molecule is COc1ccc(C2NN=C3C4CCN(CC4)C32)cc1. The summed E-state index contributed by atoms with van der Waals surface area (Å²) < 4.78 is 5.23. The maximum absolute atomic E-state index is 5.23. The third kappa shape index (κ3) is 1.66. The number of benzene rings is 1. The minimum atomic E-state index is 0.309. The standard InChI is InChI=1S/C15H19N3O/c1-19-12-4-2-10(3-5-12)13-15-14(17-16-13)11-6-8-18(15)9-7-11/h2-5,11,13,15-16H,6-9H2,1H3. The van der Waals surface area contributed by atoms with Crippen molar-refractivity contribution in [1.82, 2.24) is 10.3 Å². The second-order valence-electron chi connectivity index (χ2n) is 5.67. The first kappa shape index (κ1) is 11.3. The van der Waals surface area contributed by atoms with E-state index in [1.165, 1.54) is 37.2 Å². The molecule has 2 bridgehead atoms. The Kier molecular flexibility index (Phi) is 2.52. The molecule has 0 aliphatic carbocycles. The highest BCUT2D eigenvalue weighted by atomic mass is 16.5. The Morgan fingerprint density at radius 3 is 2.63 bits per heavy atom. The van der Waals surface area contributed by atoms with Crippen molar-refractivity contribution >= 4 is 5.71 Å². The number of hydrogen-bond acceptors (Lipinski definition) is 4. The normalized spacial score (nSPS) is 35.5. The van der Waals surface area contributed by atoms with Gasteiger partial charge < -0.3 is 10.2 Å². The molecule has 0 aromatic heterocycles. The lowest BCUT2D eigenvalue weighted by Gasteiger charge is -2.45. The number of methoxy groups -OCH3 is 1. The van der Waals surface area contributed by atoms with Gasteiger partial charge in [0.25, 0.3) is 0 Å². The van der Waals surface area contributed by atoms with E-state index in [9.17, 15) is 0 Å². The lowest BCUT2D eigenvalue weighted by Crippen LogP contribution is -2.56. The molecule has 4 nitrogen and oxygen atoms in total. The number of nitrogens with zero attached hydrogens (tertiary/aromatic N) is 2. The van der Waals surface area contributed by atoms with Gasteiger partial charge in [0.15, 0.2) is 0 Å². The molecule has 4 aliphatic rings. The summed E-state index contributed by atoms with van der Waals surface area (Å²) in [7, 11) is 1.70. The number of nitrogens with one attached hydrogen (secondary N) is 1. The molecular weight excluding hydrogens is 238 g/mol. The second-order valence-corrected chi connectivity index (χ2v) is 5.67. The van der Waals surface area contributed by atoms with Crippen molar-refractivity contribution in [3.63, 3.8) is 0 Å². The molecular formula is C15H19N3O. The van der Waals surface area contributed by atoms with Gasteiger partial charge in [0.05, 0.1) is 24.9 Å². The molecule has 3 fully saturated rings. The van der Waals surface area contributed by atoms with Crippen molar-refractivity contribution in [2.45, 2.75) is 24.9 Å². The van der Waals surface area contributed by atoms with Crippen LogP contribution in [0.25, 0.3) is 0 Å². The third-order valence-corrected chi connectivity index (χ3v) is 4.77. The fraction of sp³-hybridized carbons (Fsp3) is 0.533. The van der Waals surface area contributed by atoms with Crippen LogP contribution in [0.1, 0.15) is 24.4 Å². The van der Waals surface area contributed by atoms with Crippen molar-refractivity contribution in [2.24, 2.45) is 11.0 Å². The fourth-order valence-corrected chi connectivity index (χ4v) is 3.72. The van der Waals surface area contributed by atoms with Crippen molar-refractivity contribution in [3.8, 4) is 5.75 Å². The molecule has 100 valence electrons. The molecule has 0 radical (unpaired) electrons. The van der Waals surface area contributed by atoms with Crippen LogP contribution >= 0.6 is 0 Å². The van der Waals surface area contributed by atoms with Crippen molar-refractivity contribution in [3.05, 3.63) is 29.8 Å². The Morgan fingerprint density at radius 1 is 1.21 bits per heavy atom. The number of fused-ring (bicyclic) bond motifs is 2. The molecule has 1 aromatic rings. The summed E-state index contributed by atoms with van der Waals surface area (Å²) in [5.41, 5.74) is 6.05. The summed E-state index contributed by atoms with van der Waals surface area (Å²) in [6.07, 6.45) is 2.57. The molecule has 19 heavy (non-hydrogen) atoms. The highest BCUT2D eigenvalue weighted by Crippen LogP contribution is 2.39. The lowest BCUT2D eigenvalue weighted by atomic mass is 9.78. The smallest absolute Gasteiger partial charge is 0.118 e. The molecule has 1 aromatic carbocycles. The van der Waals surface area contributed by atoms with Gasteiger partial charge in [-0.3, -0.25) is 4.90 Å². The average Bonchev–Trinajstić information content (AvgIpc) is 2.95. The van der Waals surface area contributed by atoms with E-state index in [2.05, 4.69) is 27.6 Å². The number of hydrazone groups is 1. The van der Waals surface area contributed by atoms with E-state index in [-0.39, 0.29) is 0 Å². The topological polar surface area (TPSA) is 36.9 Å². The van der Waals surface area contributed by atoms with Crippen LogP contribution < -0.4 is 10.2 Å². The van der Waals surface area contributed by atoms with E-state index in [4.69, 9.17) is 4.74 Å². The average molecular weight is 257 g/mol. The van der Waals surface area contributed by atoms with Crippen LogP contribution in [0.4, 0.5) is 0 Å². The van der Waals surface area contributed by atoms with Gasteiger partial charge >= 0.3 is 0 Å². The van der Waals surface area contributed by atoms with Crippen molar-refractivity contribution in [2.75, 3.05) is 20.2 Å². The number of ether oxygens (including phenoxy) is 1. The van der Waals surface area contributed by atoms with Crippen LogP contribution in [0.15, 0.2) is 29.4 Å². The summed E-state index contributed by atoms with van der Waals surface area (Å²) in [6.45, 7) is 2.45. The predicted octanol–water partition coefficient (Wildman–Crippen LogP) is 1.79. The van der Waals surface area contributed by atoms with Gasteiger partial charge in [0.2, 0.25) is 0 Å². The summed E-state index contributed by atoms with van der Waals surface area (Å²) in [4.78, 5) is 2.59. The minimum absolute atomic E-state index is 0.309. The molecule has 4 heterocycles. The highest BCUT2D eigenvalue weighted by molar-refractivity contribution is 5.95. The molecule has 4 aliphatic heterocycles. The summed E-state index contributed by atoms with van der Waals surface area (Å²) in [5, 5.41) is 4.63. The molecule has 5 rings (SSSR count). The van der Waals surface area contributed by atoms with E-state index < -0.39 is 0 Å².